The number of anilines is 1. The van der Waals surface area contributed by atoms with E-state index in [1.54, 1.807) is 19.2 Å². The fourth-order valence-corrected chi connectivity index (χ4v) is 2.45. The zero-order valence-corrected chi connectivity index (χ0v) is 13.5. The quantitative estimate of drug-likeness (QED) is 0.855. The number of ether oxygens (including phenoxy) is 1. The number of likely N-dealkylation sites (N-methyl/N-ethyl adjacent to an activating group) is 1. The molecule has 0 spiro atoms. The molecule has 0 aliphatic heterocycles. The molecule has 0 aromatic heterocycles. The molecular formula is C17H20ClN2O2+. The van der Waals surface area contributed by atoms with E-state index < -0.39 is 0 Å². The lowest BCUT2D eigenvalue weighted by Gasteiger charge is -2.16. The first kappa shape index (κ1) is 16.3. The number of nitrogens with one attached hydrogen (secondary N) is 2. The summed E-state index contributed by atoms with van der Waals surface area (Å²) in [5.41, 5.74) is 1.72. The van der Waals surface area contributed by atoms with Gasteiger partial charge in [-0.3, -0.25) is 4.79 Å². The molecule has 4 nitrogen and oxygen atoms in total. The molecule has 2 aromatic rings. The highest BCUT2D eigenvalue weighted by atomic mass is 35.5. The molecule has 2 rings (SSSR count). The van der Waals surface area contributed by atoms with E-state index in [9.17, 15) is 4.79 Å². The fraction of sp³-hybridized carbons (Fsp3) is 0.235. The van der Waals surface area contributed by atoms with Crippen LogP contribution in [0.3, 0.4) is 0 Å². The average molecular weight is 320 g/mol. The van der Waals surface area contributed by atoms with Gasteiger partial charge in [-0.15, -0.1) is 0 Å². The van der Waals surface area contributed by atoms with Crippen LogP contribution in [0.1, 0.15) is 5.56 Å². The minimum absolute atomic E-state index is 0.0690. The Morgan fingerprint density at radius 2 is 1.86 bits per heavy atom. The van der Waals surface area contributed by atoms with Crippen LogP contribution in [0.4, 0.5) is 5.69 Å². The van der Waals surface area contributed by atoms with Crippen LogP contribution in [0.5, 0.6) is 5.75 Å². The summed E-state index contributed by atoms with van der Waals surface area (Å²) in [5.74, 6) is 0.772. The van der Waals surface area contributed by atoms with Gasteiger partial charge in [0.05, 0.1) is 24.9 Å². The molecule has 0 aliphatic rings. The van der Waals surface area contributed by atoms with Crippen molar-refractivity contribution in [1.29, 1.82) is 0 Å². The Hall–Kier alpha value is -2.04. The fourth-order valence-electron chi connectivity index (χ4n) is 2.27. The predicted molar refractivity (Wildman–Crippen MR) is 88.5 cm³/mol. The number of hydrogen-bond donors (Lipinski definition) is 2. The van der Waals surface area contributed by atoms with Crippen molar-refractivity contribution in [2.45, 2.75) is 6.54 Å². The summed E-state index contributed by atoms with van der Waals surface area (Å²) in [7, 11) is 3.62. The molecular weight excluding hydrogens is 300 g/mol. The van der Waals surface area contributed by atoms with Crippen LogP contribution in [0.15, 0.2) is 48.5 Å². The van der Waals surface area contributed by atoms with Crippen molar-refractivity contribution < 1.29 is 14.4 Å². The molecule has 116 valence electrons. The molecule has 0 bridgehead atoms. The number of amides is 1. The Kier molecular flexibility index (Phi) is 5.81. The van der Waals surface area contributed by atoms with Gasteiger partial charge in [0.1, 0.15) is 12.3 Å². The van der Waals surface area contributed by atoms with Gasteiger partial charge in [-0.1, -0.05) is 35.9 Å². The SMILES string of the molecule is COc1ccccc1C[NH+](C)CC(=O)Nc1ccccc1Cl. The van der Waals surface area contributed by atoms with Gasteiger partial charge in [-0.25, -0.2) is 0 Å². The number of halogens is 1. The second-order valence-electron chi connectivity index (χ2n) is 5.15. The van der Waals surface area contributed by atoms with Gasteiger partial charge < -0.3 is 15.0 Å². The highest BCUT2D eigenvalue weighted by Crippen LogP contribution is 2.20. The molecule has 0 saturated heterocycles. The molecule has 22 heavy (non-hydrogen) atoms. The number of quaternary nitrogens is 1. The standard InChI is InChI=1S/C17H19ClN2O2/c1-20(11-13-7-3-6-10-16(13)22-2)12-17(21)19-15-9-5-4-8-14(15)18/h3-10H,11-12H2,1-2H3,(H,19,21)/p+1. The number of carbonyl (C=O) groups is 1. The summed E-state index contributed by atoms with van der Waals surface area (Å²) in [5, 5.41) is 3.37. The molecule has 0 fully saturated rings. The van der Waals surface area contributed by atoms with E-state index in [1.807, 2.05) is 43.4 Å². The maximum atomic E-state index is 12.1. The minimum atomic E-state index is -0.0690. The zero-order valence-electron chi connectivity index (χ0n) is 12.7. The molecule has 0 saturated carbocycles. The van der Waals surface area contributed by atoms with Crippen molar-refractivity contribution in [3.63, 3.8) is 0 Å². The average Bonchev–Trinajstić information content (AvgIpc) is 2.50. The first-order valence-electron chi connectivity index (χ1n) is 7.07. The van der Waals surface area contributed by atoms with Crippen molar-refractivity contribution in [3.05, 3.63) is 59.1 Å². The Bertz CT molecular complexity index is 646. The van der Waals surface area contributed by atoms with Gasteiger partial charge in [-0.05, 0) is 24.3 Å². The number of rotatable bonds is 6. The Labute approximate surface area is 135 Å². The zero-order chi connectivity index (χ0) is 15.9. The molecule has 5 heteroatoms. The van der Waals surface area contributed by atoms with Crippen molar-refractivity contribution in [2.24, 2.45) is 0 Å². The van der Waals surface area contributed by atoms with Crippen molar-refractivity contribution in [2.75, 3.05) is 26.0 Å². The number of carbonyl (C=O) groups excluding carboxylic acids is 1. The summed E-state index contributed by atoms with van der Waals surface area (Å²) in [4.78, 5) is 13.2. The van der Waals surface area contributed by atoms with Crippen molar-refractivity contribution in [1.82, 2.24) is 0 Å². The Morgan fingerprint density at radius 1 is 1.18 bits per heavy atom. The van der Waals surface area contributed by atoms with Gasteiger partial charge in [0, 0.05) is 5.56 Å². The third kappa shape index (κ3) is 4.48. The number of benzene rings is 2. The minimum Gasteiger partial charge on any atom is -0.496 e. The van der Waals surface area contributed by atoms with Crippen LogP contribution >= 0.6 is 11.6 Å². The smallest absolute Gasteiger partial charge is 0.279 e. The van der Waals surface area contributed by atoms with Gasteiger partial charge in [-0.2, -0.15) is 0 Å². The van der Waals surface area contributed by atoms with Crippen molar-refractivity contribution in [3.8, 4) is 5.75 Å². The van der Waals surface area contributed by atoms with Crippen LogP contribution < -0.4 is 15.0 Å². The van der Waals surface area contributed by atoms with E-state index in [-0.39, 0.29) is 5.91 Å². The summed E-state index contributed by atoms with van der Waals surface area (Å²) >= 11 is 6.04. The molecule has 1 unspecified atom stereocenters. The van der Waals surface area contributed by atoms with Gasteiger partial charge in [0.15, 0.2) is 6.54 Å². The van der Waals surface area contributed by atoms with Crippen molar-refractivity contribution >= 4 is 23.2 Å². The number of hydrogen-bond acceptors (Lipinski definition) is 2. The molecule has 1 atom stereocenters. The van der Waals surface area contributed by atoms with Crippen LogP contribution in [0.2, 0.25) is 5.02 Å². The van der Waals surface area contributed by atoms with Gasteiger partial charge >= 0.3 is 0 Å². The highest BCUT2D eigenvalue weighted by Gasteiger charge is 2.14. The predicted octanol–water partition coefficient (Wildman–Crippen LogP) is 2.00. The summed E-state index contributed by atoms with van der Waals surface area (Å²) < 4.78 is 5.33. The second-order valence-corrected chi connectivity index (χ2v) is 5.56. The Morgan fingerprint density at radius 3 is 2.59 bits per heavy atom. The molecule has 0 aliphatic carbocycles. The van der Waals surface area contributed by atoms with Crippen LogP contribution in [-0.2, 0) is 11.3 Å². The first-order valence-corrected chi connectivity index (χ1v) is 7.45. The lowest BCUT2D eigenvalue weighted by atomic mass is 10.2. The second kappa shape index (κ2) is 7.82. The van der Waals surface area contributed by atoms with E-state index in [2.05, 4.69) is 5.32 Å². The normalized spacial score (nSPS) is 11.8. The topological polar surface area (TPSA) is 42.8 Å². The first-order chi connectivity index (χ1) is 10.6. The van der Waals surface area contributed by atoms with Gasteiger partial charge in [0.2, 0.25) is 0 Å². The summed E-state index contributed by atoms with van der Waals surface area (Å²) in [6.07, 6.45) is 0. The van der Waals surface area contributed by atoms with Gasteiger partial charge in [0.25, 0.3) is 5.91 Å². The van der Waals surface area contributed by atoms with E-state index in [0.29, 0.717) is 23.8 Å². The molecule has 2 aromatic carbocycles. The van der Waals surface area contributed by atoms with E-state index >= 15 is 0 Å². The number of para-hydroxylation sites is 2. The third-order valence-electron chi connectivity index (χ3n) is 3.30. The number of methoxy groups -OCH3 is 1. The van der Waals surface area contributed by atoms with Crippen LogP contribution in [-0.4, -0.2) is 26.6 Å². The largest absolute Gasteiger partial charge is 0.496 e. The molecule has 1 amide bonds. The molecule has 2 N–H and O–H groups in total. The van der Waals surface area contributed by atoms with Crippen LogP contribution in [0, 0.1) is 0 Å². The monoisotopic (exact) mass is 319 g/mol. The summed E-state index contributed by atoms with van der Waals surface area (Å²) in [6, 6.07) is 15.0. The lowest BCUT2D eigenvalue weighted by Crippen LogP contribution is -3.08. The van der Waals surface area contributed by atoms with E-state index in [0.717, 1.165) is 16.2 Å². The lowest BCUT2D eigenvalue weighted by molar-refractivity contribution is -0.885. The summed E-state index contributed by atoms with van der Waals surface area (Å²) in [6.45, 7) is 1.06. The maximum absolute atomic E-state index is 12.1. The molecule has 0 radical (unpaired) electrons. The van der Waals surface area contributed by atoms with E-state index in [1.165, 1.54) is 0 Å². The maximum Gasteiger partial charge on any atom is 0.279 e. The van der Waals surface area contributed by atoms with E-state index in [4.69, 9.17) is 16.3 Å². The molecule has 0 heterocycles. The van der Waals surface area contributed by atoms with Crippen LogP contribution in [0.25, 0.3) is 0 Å². The Balaban J connectivity index is 1.93. The third-order valence-corrected chi connectivity index (χ3v) is 3.62. The highest BCUT2D eigenvalue weighted by molar-refractivity contribution is 6.33.